The predicted molar refractivity (Wildman–Crippen MR) is 165 cm³/mol. The molecule has 0 aromatic carbocycles. The summed E-state index contributed by atoms with van der Waals surface area (Å²) in [4.78, 5) is 49.2. The number of hydrogen-bond acceptors (Lipinski definition) is 5. The molecular formula is C31H48BrN3O4S. The third-order valence-corrected chi connectivity index (χ3v) is 13.1. The topological polar surface area (TPSA) is 81.2 Å². The van der Waals surface area contributed by atoms with Crippen LogP contribution in [0.2, 0.25) is 0 Å². The standard InChI is InChI=1S/C31H48BrN3O4S/c1-6-15-33(16-7-2)28(37)24-25-29(38)35(23(19-36)20(5)9-4)27(31(25)18-22(32)26(24)40-31)30(39)34(17-8-3)21-13-11-10-12-14-21/h6,8,20-27,36H,1,3,7,9-19H2,2,4-5H3/t20-,22?,23-,24+,25-,26+,27?,31?/m0/s1. The van der Waals surface area contributed by atoms with Crippen molar-refractivity contribution in [2.75, 3.05) is 26.2 Å². The highest BCUT2D eigenvalue weighted by molar-refractivity contribution is 9.09. The highest BCUT2D eigenvalue weighted by Crippen LogP contribution is 2.68. The Labute approximate surface area is 253 Å². The molecular weight excluding hydrogens is 590 g/mol. The van der Waals surface area contributed by atoms with Gasteiger partial charge in [-0.2, -0.15) is 0 Å². The van der Waals surface area contributed by atoms with E-state index < -0.39 is 28.7 Å². The first-order valence-electron chi connectivity index (χ1n) is 15.3. The van der Waals surface area contributed by atoms with Crippen molar-refractivity contribution in [3.8, 4) is 0 Å². The minimum atomic E-state index is -0.718. The lowest BCUT2D eigenvalue weighted by Crippen LogP contribution is -2.60. The van der Waals surface area contributed by atoms with Gasteiger partial charge >= 0.3 is 0 Å². The van der Waals surface area contributed by atoms with Crippen molar-refractivity contribution in [3.05, 3.63) is 25.3 Å². The van der Waals surface area contributed by atoms with E-state index in [0.717, 1.165) is 38.5 Å². The Morgan fingerprint density at radius 3 is 2.42 bits per heavy atom. The molecule has 3 aliphatic heterocycles. The molecule has 8 atom stereocenters. The van der Waals surface area contributed by atoms with Crippen LogP contribution in [0.15, 0.2) is 25.3 Å². The van der Waals surface area contributed by atoms with E-state index in [1.807, 2.05) is 23.6 Å². The van der Waals surface area contributed by atoms with Crippen molar-refractivity contribution in [3.63, 3.8) is 0 Å². The maximum Gasteiger partial charge on any atom is 0.247 e. The normalized spacial score (nSPS) is 33.0. The summed E-state index contributed by atoms with van der Waals surface area (Å²) in [6.07, 6.45) is 11.0. The molecule has 0 aromatic rings. The number of amides is 3. The zero-order valence-electron chi connectivity index (χ0n) is 24.5. The van der Waals surface area contributed by atoms with Crippen molar-refractivity contribution in [2.45, 2.75) is 105 Å². The molecule has 4 rings (SSSR count). The molecule has 40 heavy (non-hydrogen) atoms. The monoisotopic (exact) mass is 637 g/mol. The molecule has 4 aliphatic rings. The SMILES string of the molecule is C=CCN(CCC)C(=O)[C@H]1[C@@H]2SC3(CC2Br)C(C(=O)N(CC=C)C2CCCCC2)N([C@@H](CO)[C@@H](C)CC)C(=O)[C@H]13. The van der Waals surface area contributed by atoms with Crippen LogP contribution in [0.3, 0.4) is 0 Å². The molecule has 1 N–H and O–H groups in total. The number of aliphatic hydroxyl groups excluding tert-OH is 1. The van der Waals surface area contributed by atoms with Gasteiger partial charge in [0.1, 0.15) is 6.04 Å². The van der Waals surface area contributed by atoms with Crippen LogP contribution in [0, 0.1) is 17.8 Å². The average Bonchev–Trinajstić information content (AvgIpc) is 3.55. The molecule has 3 saturated heterocycles. The lowest BCUT2D eigenvalue weighted by atomic mass is 9.70. The number of aliphatic hydroxyl groups is 1. The molecule has 7 nitrogen and oxygen atoms in total. The number of nitrogens with zero attached hydrogens (tertiary/aromatic N) is 3. The highest BCUT2D eigenvalue weighted by Gasteiger charge is 2.76. The smallest absolute Gasteiger partial charge is 0.247 e. The Morgan fingerprint density at radius 1 is 1.18 bits per heavy atom. The first-order chi connectivity index (χ1) is 19.2. The molecule has 1 saturated carbocycles. The number of rotatable bonds is 13. The van der Waals surface area contributed by atoms with Gasteiger partial charge < -0.3 is 19.8 Å². The number of carbonyl (C=O) groups is 3. The van der Waals surface area contributed by atoms with Crippen molar-refractivity contribution in [1.29, 1.82) is 0 Å². The van der Waals surface area contributed by atoms with Gasteiger partial charge in [-0.25, -0.2) is 0 Å². The predicted octanol–water partition coefficient (Wildman–Crippen LogP) is 4.63. The second-order valence-corrected chi connectivity index (χ2v) is 14.9. The van der Waals surface area contributed by atoms with Crippen LogP contribution in [-0.4, -0.2) is 96.7 Å². The van der Waals surface area contributed by atoms with Crippen molar-refractivity contribution in [2.24, 2.45) is 17.8 Å². The first-order valence-corrected chi connectivity index (χ1v) is 17.1. The zero-order valence-corrected chi connectivity index (χ0v) is 26.9. The molecule has 1 spiro atoms. The van der Waals surface area contributed by atoms with E-state index in [-0.39, 0.29) is 46.4 Å². The van der Waals surface area contributed by atoms with Gasteiger partial charge in [0.25, 0.3) is 0 Å². The maximum absolute atomic E-state index is 14.8. The lowest BCUT2D eigenvalue weighted by Gasteiger charge is -2.43. The van der Waals surface area contributed by atoms with Gasteiger partial charge in [0.05, 0.1) is 29.2 Å². The highest BCUT2D eigenvalue weighted by atomic mass is 79.9. The molecule has 9 heteroatoms. The Bertz CT molecular complexity index is 974. The Kier molecular flexibility index (Phi) is 10.5. The molecule has 224 valence electrons. The largest absolute Gasteiger partial charge is 0.394 e. The summed E-state index contributed by atoms with van der Waals surface area (Å²) in [7, 11) is 0. The Hall–Kier alpha value is -1.32. The van der Waals surface area contributed by atoms with Gasteiger partial charge in [-0.1, -0.05) is 74.5 Å². The average molecular weight is 639 g/mol. The number of fused-ring (bicyclic) bond motifs is 1. The van der Waals surface area contributed by atoms with Gasteiger partial charge in [-0.15, -0.1) is 24.9 Å². The van der Waals surface area contributed by atoms with Crippen LogP contribution in [0.1, 0.15) is 72.1 Å². The summed E-state index contributed by atoms with van der Waals surface area (Å²) >= 11 is 5.57. The van der Waals surface area contributed by atoms with E-state index in [2.05, 4.69) is 36.0 Å². The van der Waals surface area contributed by atoms with Gasteiger partial charge in [0.15, 0.2) is 0 Å². The van der Waals surface area contributed by atoms with Crippen LogP contribution >= 0.6 is 27.7 Å². The molecule has 3 amide bonds. The summed E-state index contributed by atoms with van der Waals surface area (Å²) < 4.78 is -0.714. The van der Waals surface area contributed by atoms with E-state index in [1.165, 1.54) is 6.42 Å². The van der Waals surface area contributed by atoms with Crippen LogP contribution in [-0.2, 0) is 14.4 Å². The number of carbonyl (C=O) groups excluding carboxylic acids is 3. The molecule has 0 aromatic heterocycles. The van der Waals surface area contributed by atoms with Crippen LogP contribution in [0.25, 0.3) is 0 Å². The first kappa shape index (κ1) is 31.6. The van der Waals surface area contributed by atoms with Crippen LogP contribution in [0.5, 0.6) is 0 Å². The summed E-state index contributed by atoms with van der Waals surface area (Å²) in [5, 5.41) is 10.6. The minimum absolute atomic E-state index is 0.00971. The fourth-order valence-corrected chi connectivity index (χ4v) is 11.4. The van der Waals surface area contributed by atoms with Gasteiger partial charge in [0.2, 0.25) is 17.7 Å². The van der Waals surface area contributed by atoms with Gasteiger partial charge in [-0.05, 0) is 31.6 Å². The van der Waals surface area contributed by atoms with E-state index in [0.29, 0.717) is 26.1 Å². The van der Waals surface area contributed by atoms with E-state index in [1.54, 1.807) is 28.8 Å². The van der Waals surface area contributed by atoms with E-state index in [9.17, 15) is 19.5 Å². The zero-order chi connectivity index (χ0) is 29.2. The summed E-state index contributed by atoms with van der Waals surface area (Å²) in [5.41, 5.74) is 0. The quantitative estimate of drug-likeness (QED) is 0.235. The maximum atomic E-state index is 14.8. The number of hydrogen-bond donors (Lipinski definition) is 1. The molecule has 0 radical (unpaired) electrons. The number of alkyl halides is 1. The molecule has 3 unspecified atom stereocenters. The van der Waals surface area contributed by atoms with E-state index >= 15 is 0 Å². The third-order valence-electron chi connectivity index (χ3n) is 9.87. The van der Waals surface area contributed by atoms with Crippen LogP contribution in [0.4, 0.5) is 0 Å². The summed E-state index contributed by atoms with van der Waals surface area (Å²) in [6, 6.07) is -1.08. The van der Waals surface area contributed by atoms with Crippen LogP contribution < -0.4 is 0 Å². The molecule has 2 bridgehead atoms. The molecule has 1 aliphatic carbocycles. The molecule has 4 fully saturated rings. The van der Waals surface area contributed by atoms with E-state index in [4.69, 9.17) is 0 Å². The second kappa shape index (κ2) is 13.3. The Balaban J connectivity index is 1.82. The Morgan fingerprint density at radius 2 is 1.85 bits per heavy atom. The summed E-state index contributed by atoms with van der Waals surface area (Å²) in [5.74, 6) is -1.28. The summed E-state index contributed by atoms with van der Waals surface area (Å²) in [6.45, 7) is 15.2. The minimum Gasteiger partial charge on any atom is -0.394 e. The number of halogens is 1. The van der Waals surface area contributed by atoms with Crippen molar-refractivity contribution in [1.82, 2.24) is 14.7 Å². The molecule has 3 heterocycles. The third kappa shape index (κ3) is 5.32. The lowest BCUT2D eigenvalue weighted by molar-refractivity contribution is -0.149. The van der Waals surface area contributed by atoms with Crippen molar-refractivity contribution < 1.29 is 19.5 Å². The fourth-order valence-electron chi connectivity index (χ4n) is 7.84. The number of likely N-dealkylation sites (tertiary alicyclic amines) is 1. The van der Waals surface area contributed by atoms with Crippen molar-refractivity contribution >= 4 is 45.4 Å². The second-order valence-electron chi connectivity index (χ2n) is 12.2. The van der Waals surface area contributed by atoms with Gasteiger partial charge in [0, 0.05) is 35.8 Å². The number of thioether (sulfide) groups is 1. The van der Waals surface area contributed by atoms with Gasteiger partial charge in [-0.3, -0.25) is 14.4 Å². The fraction of sp³-hybridized carbons (Fsp3) is 0.774.